The predicted molar refractivity (Wildman–Crippen MR) is 106 cm³/mol. The lowest BCUT2D eigenvalue weighted by atomic mass is 10.2. The van der Waals surface area contributed by atoms with E-state index < -0.39 is 0 Å². The summed E-state index contributed by atoms with van der Waals surface area (Å²) in [6.45, 7) is 5.07. The van der Waals surface area contributed by atoms with Crippen LogP contribution in [0.15, 0.2) is 36.8 Å². The van der Waals surface area contributed by atoms with Crippen LogP contribution in [-0.2, 0) is 0 Å². The molecule has 0 spiro atoms. The average molecular weight is 369 g/mol. The van der Waals surface area contributed by atoms with Gasteiger partial charge in [-0.2, -0.15) is 0 Å². The number of rotatable bonds is 7. The molecule has 8 nitrogen and oxygen atoms in total. The summed E-state index contributed by atoms with van der Waals surface area (Å²) in [6.07, 6.45) is 6.24. The molecule has 0 radical (unpaired) electrons. The van der Waals surface area contributed by atoms with Crippen LogP contribution in [0.2, 0.25) is 0 Å². The summed E-state index contributed by atoms with van der Waals surface area (Å²) in [4.78, 5) is 31.7. The van der Waals surface area contributed by atoms with Crippen LogP contribution in [0.3, 0.4) is 0 Å². The fraction of sp³-hybridized carbons (Fsp3) is 0.474. The van der Waals surface area contributed by atoms with Crippen molar-refractivity contribution in [3.8, 4) is 0 Å². The number of hydrogen-bond donors (Lipinski definition) is 1. The molecule has 0 unspecified atom stereocenters. The number of nitrogens with one attached hydrogen (secondary N) is 1. The van der Waals surface area contributed by atoms with Gasteiger partial charge in [0.15, 0.2) is 0 Å². The third-order valence-corrected chi connectivity index (χ3v) is 4.53. The third-order valence-electron chi connectivity index (χ3n) is 4.53. The van der Waals surface area contributed by atoms with Crippen molar-refractivity contribution >= 4 is 17.5 Å². The van der Waals surface area contributed by atoms with E-state index in [-0.39, 0.29) is 5.91 Å². The molecule has 27 heavy (non-hydrogen) atoms. The first-order valence-corrected chi connectivity index (χ1v) is 9.29. The molecule has 8 heteroatoms. The van der Waals surface area contributed by atoms with Gasteiger partial charge in [0.25, 0.3) is 5.91 Å². The normalized spacial score (nSPS) is 14.5. The first-order chi connectivity index (χ1) is 13.1. The number of anilines is 2. The number of carbonyl (C=O) groups excluding carboxylic acids is 1. The second-order valence-electron chi connectivity index (χ2n) is 6.84. The van der Waals surface area contributed by atoms with Crippen LogP contribution in [0.4, 0.5) is 11.6 Å². The Morgan fingerprint density at radius 1 is 1.07 bits per heavy atom. The standard InChI is InChI=1S/C19H27N7O/c1-24(2)10-4-9-20-18(27)17-6-5-16(15-23-17)25-11-13-26(14-12-25)19-21-7-3-8-22-19/h3,5-8,15H,4,9-14H2,1-2H3,(H,20,27). The van der Waals surface area contributed by atoms with Crippen LogP contribution in [0, 0.1) is 0 Å². The van der Waals surface area contributed by atoms with Crippen molar-refractivity contribution < 1.29 is 4.79 Å². The van der Waals surface area contributed by atoms with E-state index in [0.717, 1.165) is 50.8 Å². The number of hydrogen-bond acceptors (Lipinski definition) is 7. The molecule has 0 saturated carbocycles. The molecule has 2 aromatic heterocycles. The van der Waals surface area contributed by atoms with Crippen molar-refractivity contribution in [2.24, 2.45) is 0 Å². The van der Waals surface area contributed by atoms with Crippen molar-refractivity contribution in [2.45, 2.75) is 6.42 Å². The lowest BCUT2D eigenvalue weighted by Crippen LogP contribution is -2.47. The minimum Gasteiger partial charge on any atom is -0.367 e. The zero-order valence-electron chi connectivity index (χ0n) is 16.0. The average Bonchev–Trinajstić information content (AvgIpc) is 2.72. The highest BCUT2D eigenvalue weighted by Gasteiger charge is 2.19. The molecule has 1 fully saturated rings. The summed E-state index contributed by atoms with van der Waals surface area (Å²) >= 11 is 0. The molecule has 1 N–H and O–H groups in total. The molecular formula is C19H27N7O. The highest BCUT2D eigenvalue weighted by molar-refractivity contribution is 5.92. The molecule has 1 aliphatic heterocycles. The maximum atomic E-state index is 12.2. The van der Waals surface area contributed by atoms with Crippen LogP contribution in [0.1, 0.15) is 16.9 Å². The minimum atomic E-state index is -0.119. The minimum absolute atomic E-state index is 0.119. The Kier molecular flexibility index (Phi) is 6.54. The van der Waals surface area contributed by atoms with E-state index in [4.69, 9.17) is 0 Å². The first-order valence-electron chi connectivity index (χ1n) is 9.29. The number of aromatic nitrogens is 3. The molecule has 144 valence electrons. The Bertz CT molecular complexity index is 713. The van der Waals surface area contributed by atoms with Gasteiger partial charge in [0.2, 0.25) is 5.95 Å². The maximum Gasteiger partial charge on any atom is 0.269 e. The van der Waals surface area contributed by atoms with Gasteiger partial charge in [-0.3, -0.25) is 4.79 Å². The van der Waals surface area contributed by atoms with Gasteiger partial charge in [0.1, 0.15) is 5.69 Å². The Labute approximate surface area is 160 Å². The lowest BCUT2D eigenvalue weighted by molar-refractivity contribution is 0.0947. The molecule has 0 atom stereocenters. The summed E-state index contributed by atoms with van der Waals surface area (Å²) in [5.41, 5.74) is 1.49. The monoisotopic (exact) mass is 369 g/mol. The number of piperazine rings is 1. The number of pyridine rings is 1. The molecule has 0 bridgehead atoms. The number of carbonyl (C=O) groups is 1. The molecule has 1 amide bonds. The molecule has 1 saturated heterocycles. The van der Waals surface area contributed by atoms with E-state index in [1.54, 1.807) is 24.7 Å². The van der Waals surface area contributed by atoms with Crippen LogP contribution in [0.25, 0.3) is 0 Å². The third kappa shape index (κ3) is 5.37. The molecule has 1 aliphatic rings. The summed E-state index contributed by atoms with van der Waals surface area (Å²) in [5.74, 6) is 0.655. The van der Waals surface area contributed by atoms with Crippen molar-refractivity contribution in [1.29, 1.82) is 0 Å². The van der Waals surface area contributed by atoms with Crippen LogP contribution in [0.5, 0.6) is 0 Å². The van der Waals surface area contributed by atoms with E-state index in [1.807, 2.05) is 26.2 Å². The molecular weight excluding hydrogens is 342 g/mol. The summed E-state index contributed by atoms with van der Waals surface area (Å²) in [7, 11) is 4.05. The zero-order chi connectivity index (χ0) is 19.1. The van der Waals surface area contributed by atoms with Gasteiger partial charge in [0.05, 0.1) is 11.9 Å². The topological polar surface area (TPSA) is 77.5 Å². The van der Waals surface area contributed by atoms with Crippen molar-refractivity contribution in [2.75, 3.05) is 63.2 Å². The quantitative estimate of drug-likeness (QED) is 0.726. The van der Waals surface area contributed by atoms with Gasteiger partial charge in [-0.15, -0.1) is 0 Å². The number of nitrogens with zero attached hydrogens (tertiary/aromatic N) is 6. The molecule has 0 aromatic carbocycles. The summed E-state index contributed by atoms with van der Waals surface area (Å²) in [5, 5.41) is 2.92. The predicted octanol–water partition coefficient (Wildman–Crippen LogP) is 0.880. The van der Waals surface area contributed by atoms with Crippen LogP contribution in [-0.4, -0.2) is 79.1 Å². The van der Waals surface area contributed by atoms with Gasteiger partial charge in [-0.25, -0.2) is 15.0 Å². The SMILES string of the molecule is CN(C)CCCNC(=O)c1ccc(N2CCN(c3ncccn3)CC2)cn1. The van der Waals surface area contributed by atoms with Gasteiger partial charge < -0.3 is 20.0 Å². The van der Waals surface area contributed by atoms with Crippen molar-refractivity contribution in [3.05, 3.63) is 42.5 Å². The van der Waals surface area contributed by atoms with E-state index in [9.17, 15) is 4.79 Å². The van der Waals surface area contributed by atoms with E-state index >= 15 is 0 Å². The Hall–Kier alpha value is -2.74. The van der Waals surface area contributed by atoms with Crippen molar-refractivity contribution in [3.63, 3.8) is 0 Å². The fourth-order valence-corrected chi connectivity index (χ4v) is 3.01. The molecule has 3 heterocycles. The smallest absolute Gasteiger partial charge is 0.269 e. The highest BCUT2D eigenvalue weighted by atomic mass is 16.1. The zero-order valence-corrected chi connectivity index (χ0v) is 16.0. The summed E-state index contributed by atoms with van der Waals surface area (Å²) < 4.78 is 0. The van der Waals surface area contributed by atoms with E-state index in [0.29, 0.717) is 12.2 Å². The number of amides is 1. The van der Waals surface area contributed by atoms with Gasteiger partial charge in [-0.05, 0) is 45.3 Å². The van der Waals surface area contributed by atoms with Crippen LogP contribution >= 0.6 is 0 Å². The van der Waals surface area contributed by atoms with Gasteiger partial charge in [-0.1, -0.05) is 0 Å². The second-order valence-corrected chi connectivity index (χ2v) is 6.84. The van der Waals surface area contributed by atoms with E-state index in [2.05, 4.69) is 35.0 Å². The first kappa shape index (κ1) is 19.0. The highest BCUT2D eigenvalue weighted by Crippen LogP contribution is 2.17. The maximum absolute atomic E-state index is 12.2. The Morgan fingerprint density at radius 2 is 1.78 bits per heavy atom. The molecule has 0 aliphatic carbocycles. The Morgan fingerprint density at radius 3 is 2.41 bits per heavy atom. The van der Waals surface area contributed by atoms with Crippen LogP contribution < -0.4 is 15.1 Å². The van der Waals surface area contributed by atoms with E-state index in [1.165, 1.54) is 0 Å². The van der Waals surface area contributed by atoms with Crippen molar-refractivity contribution in [1.82, 2.24) is 25.2 Å². The second kappa shape index (κ2) is 9.27. The van der Waals surface area contributed by atoms with Gasteiger partial charge >= 0.3 is 0 Å². The lowest BCUT2D eigenvalue weighted by Gasteiger charge is -2.35. The fourth-order valence-electron chi connectivity index (χ4n) is 3.01. The van der Waals surface area contributed by atoms with Gasteiger partial charge in [0, 0.05) is 45.1 Å². The molecule has 2 aromatic rings. The molecule has 3 rings (SSSR count). The summed E-state index contributed by atoms with van der Waals surface area (Å²) in [6, 6.07) is 5.59. The Balaban J connectivity index is 1.48. The largest absolute Gasteiger partial charge is 0.367 e.